The molecule has 16 heteroatoms. The largest absolute Gasteiger partial charge is 0.497 e. The number of carbonyl (C=O) groups excluding carboxylic acids is 3. The number of rotatable bonds is 14. The Bertz CT molecular complexity index is 1380. The minimum absolute atomic E-state index is 0.0231. The molecule has 49 heavy (non-hydrogen) atoms. The molecule has 276 valence electrons. The van der Waals surface area contributed by atoms with Crippen molar-refractivity contribution in [2.45, 2.75) is 84.6 Å². The molecule has 1 unspecified atom stereocenters. The summed E-state index contributed by atoms with van der Waals surface area (Å²) in [5.41, 5.74) is -0.123. The quantitative estimate of drug-likeness (QED) is 0.132. The van der Waals surface area contributed by atoms with Crippen LogP contribution in [0.25, 0.3) is 0 Å². The maximum Gasteiger partial charge on any atom is 0.391 e. The van der Waals surface area contributed by atoms with Crippen molar-refractivity contribution in [1.29, 1.82) is 0 Å². The van der Waals surface area contributed by atoms with Crippen LogP contribution < -0.4 is 20.7 Å². The molecule has 8 nitrogen and oxygen atoms in total. The second kappa shape index (κ2) is 19.5. The molecule has 0 fully saturated rings. The molecule has 0 saturated carbocycles. The number of benzene rings is 2. The highest BCUT2D eigenvalue weighted by atomic mass is 35.5. The first-order chi connectivity index (χ1) is 22.6. The Morgan fingerprint density at radius 1 is 0.878 bits per heavy atom. The van der Waals surface area contributed by atoms with E-state index in [4.69, 9.17) is 32.1 Å². The second-order valence-corrected chi connectivity index (χ2v) is 13.9. The van der Waals surface area contributed by atoms with Gasteiger partial charge in [-0.05, 0) is 53.2 Å². The first-order valence-corrected chi connectivity index (χ1v) is 17.1. The molecular formula is C33H44Cl2F5N3O5S. The van der Waals surface area contributed by atoms with Gasteiger partial charge in [-0.15, -0.1) is 0 Å². The second-order valence-electron chi connectivity index (χ2n) is 12.5. The Morgan fingerprint density at radius 3 is 1.90 bits per heavy atom. The monoisotopic (exact) mass is 759 g/mol. The number of halogens is 7. The van der Waals surface area contributed by atoms with Crippen LogP contribution in [-0.4, -0.2) is 56.0 Å². The lowest BCUT2D eigenvalue weighted by Crippen LogP contribution is -2.55. The number of carbonyl (C=O) groups is 3. The van der Waals surface area contributed by atoms with E-state index in [9.17, 15) is 27.6 Å². The molecule has 2 aromatic carbocycles. The molecule has 0 heterocycles. The van der Waals surface area contributed by atoms with E-state index in [2.05, 4.69) is 38.3 Å². The summed E-state index contributed by atoms with van der Waals surface area (Å²) in [6.45, 7) is 11.3. The maximum absolute atomic E-state index is 15.0. The van der Waals surface area contributed by atoms with Crippen molar-refractivity contribution < 1.29 is 45.3 Å². The van der Waals surface area contributed by atoms with Crippen LogP contribution in [0.4, 0.5) is 22.0 Å². The van der Waals surface area contributed by atoms with Crippen LogP contribution >= 0.6 is 35.2 Å². The van der Waals surface area contributed by atoms with Crippen LogP contribution in [0.5, 0.6) is 5.75 Å². The van der Waals surface area contributed by atoms with Gasteiger partial charge in [0.1, 0.15) is 17.8 Å². The van der Waals surface area contributed by atoms with Crippen molar-refractivity contribution in [1.82, 2.24) is 16.0 Å². The highest BCUT2D eigenvalue weighted by Gasteiger charge is 2.43. The molecule has 0 aliphatic rings. The van der Waals surface area contributed by atoms with Crippen molar-refractivity contribution in [2.24, 2.45) is 11.3 Å². The van der Waals surface area contributed by atoms with Crippen LogP contribution in [0.1, 0.15) is 71.6 Å². The van der Waals surface area contributed by atoms with E-state index in [1.807, 2.05) is 5.32 Å². The first-order valence-electron chi connectivity index (χ1n) is 15.2. The van der Waals surface area contributed by atoms with Crippen LogP contribution in [0.15, 0.2) is 42.5 Å². The van der Waals surface area contributed by atoms with Crippen molar-refractivity contribution in [2.75, 3.05) is 20.0 Å². The van der Waals surface area contributed by atoms with Gasteiger partial charge in [0.15, 0.2) is 0 Å². The number of nitrogens with one attached hydrogen (secondary N) is 3. The summed E-state index contributed by atoms with van der Waals surface area (Å²) in [6.07, 6.45) is -3.18. The van der Waals surface area contributed by atoms with Gasteiger partial charge in [0.05, 0.1) is 30.2 Å². The summed E-state index contributed by atoms with van der Waals surface area (Å²) in [5, 5.41) is 6.31. The highest BCUT2D eigenvalue weighted by molar-refractivity contribution is 7.93. The molecule has 3 N–H and O–H groups in total. The van der Waals surface area contributed by atoms with E-state index < -0.39 is 72.5 Å². The summed E-state index contributed by atoms with van der Waals surface area (Å²) in [7, 11) is 1.39. The zero-order chi connectivity index (χ0) is 37.7. The fourth-order valence-electron chi connectivity index (χ4n) is 3.70. The van der Waals surface area contributed by atoms with Crippen LogP contribution in [0, 0.1) is 11.3 Å². The molecule has 0 aliphatic carbocycles. The highest BCUT2D eigenvalue weighted by Crippen LogP contribution is 2.33. The standard InChI is InChI=1S/C27H30Cl2F5N3O5S.C6H14/c1-14(2)20(12-26(30,31)32)35-24(39)22(15-5-8-17(41-3)9-6-15)37-23(38)21(13-42-43-4)36-25(40)27(33,34)16-7-10-18(28)19(29)11-16;1-5-6(2,3)4/h5-11,14,20-22H,12-13H2,1-4H3,(H,35,39)(H,36,40)(H,37,38);5H2,1-4H3/t20-,21+,22?;/m1./s1. The van der Waals surface area contributed by atoms with Gasteiger partial charge in [0, 0.05) is 17.9 Å². The maximum atomic E-state index is 15.0. The molecule has 0 spiro atoms. The lowest BCUT2D eigenvalue weighted by atomic mass is 9.94. The normalized spacial score (nSPS) is 13.8. The van der Waals surface area contributed by atoms with Crippen molar-refractivity contribution in [3.8, 4) is 5.75 Å². The first kappa shape index (κ1) is 44.2. The van der Waals surface area contributed by atoms with Gasteiger partial charge in [0.25, 0.3) is 5.91 Å². The molecular weight excluding hydrogens is 716 g/mol. The Kier molecular flexibility index (Phi) is 17.6. The Hall–Kier alpha value is -2.81. The molecule has 2 rings (SSSR count). The molecule has 3 atom stereocenters. The number of methoxy groups -OCH3 is 1. The topological polar surface area (TPSA) is 106 Å². The Labute approximate surface area is 298 Å². The summed E-state index contributed by atoms with van der Waals surface area (Å²) in [6, 6.07) is 3.76. The molecule has 0 bridgehead atoms. The van der Waals surface area contributed by atoms with E-state index in [-0.39, 0.29) is 15.6 Å². The average molecular weight is 761 g/mol. The molecule has 3 amide bonds. The van der Waals surface area contributed by atoms with Crippen LogP contribution in [0.3, 0.4) is 0 Å². The smallest absolute Gasteiger partial charge is 0.391 e. The zero-order valence-corrected chi connectivity index (χ0v) is 30.9. The molecule has 0 aromatic heterocycles. The van der Waals surface area contributed by atoms with E-state index >= 15 is 8.78 Å². The minimum atomic E-state index is -4.59. The molecule has 0 aliphatic heterocycles. The number of alkyl halides is 5. The molecule has 0 saturated heterocycles. The fourth-order valence-corrected chi connectivity index (χ4v) is 4.27. The third-order valence-corrected chi connectivity index (χ3v) is 8.29. The predicted molar refractivity (Wildman–Crippen MR) is 183 cm³/mol. The van der Waals surface area contributed by atoms with Gasteiger partial charge in [0.2, 0.25) is 11.8 Å². The Balaban J connectivity index is 0.00000183. The number of hydrogen-bond donors (Lipinski definition) is 3. The zero-order valence-electron chi connectivity index (χ0n) is 28.6. The Morgan fingerprint density at radius 2 is 1.45 bits per heavy atom. The van der Waals surface area contributed by atoms with Gasteiger partial charge in [-0.2, -0.15) is 22.0 Å². The number of hydrogen-bond acceptors (Lipinski definition) is 6. The lowest BCUT2D eigenvalue weighted by molar-refractivity contribution is -0.149. The van der Waals surface area contributed by atoms with Gasteiger partial charge in [-0.3, -0.25) is 14.4 Å². The van der Waals surface area contributed by atoms with E-state index in [1.54, 1.807) is 0 Å². The lowest BCUT2D eigenvalue weighted by Gasteiger charge is -2.28. The van der Waals surface area contributed by atoms with E-state index in [0.29, 0.717) is 11.2 Å². The fraction of sp³-hybridized carbons (Fsp3) is 0.545. The van der Waals surface area contributed by atoms with Gasteiger partial charge >= 0.3 is 12.1 Å². The minimum Gasteiger partial charge on any atom is -0.497 e. The van der Waals surface area contributed by atoms with Crippen molar-refractivity contribution in [3.05, 3.63) is 63.6 Å². The number of amides is 3. The SMILES string of the molecule is CCC(C)(C)C.COc1ccc(C(NC(=O)[C@H](COSC)NC(=O)C(F)(F)c2ccc(Cl)c(Cl)c2)C(=O)N[C@H](CC(F)(F)F)C(C)C)cc1. The third-order valence-electron chi connectivity index (χ3n) is 7.18. The summed E-state index contributed by atoms with van der Waals surface area (Å²) in [4.78, 5) is 39.3. The van der Waals surface area contributed by atoms with E-state index in [0.717, 1.165) is 30.2 Å². The summed E-state index contributed by atoms with van der Waals surface area (Å²) in [5.74, 6) is -8.43. The third kappa shape index (κ3) is 15.3. The summed E-state index contributed by atoms with van der Waals surface area (Å²) < 4.78 is 79.8. The molecule has 0 radical (unpaired) electrons. The van der Waals surface area contributed by atoms with Crippen molar-refractivity contribution in [3.63, 3.8) is 0 Å². The van der Waals surface area contributed by atoms with Crippen LogP contribution in [-0.2, 0) is 24.5 Å². The average Bonchev–Trinajstić information content (AvgIpc) is 3.01. The van der Waals surface area contributed by atoms with Crippen LogP contribution in [0.2, 0.25) is 10.0 Å². The van der Waals surface area contributed by atoms with Crippen molar-refractivity contribution >= 4 is 53.0 Å². The predicted octanol–water partition coefficient (Wildman–Crippen LogP) is 8.27. The van der Waals surface area contributed by atoms with Gasteiger partial charge in [-0.25, -0.2) is 0 Å². The van der Waals surface area contributed by atoms with Gasteiger partial charge < -0.3 is 24.9 Å². The van der Waals surface area contributed by atoms with E-state index in [1.165, 1.54) is 57.9 Å². The molecule has 2 aromatic rings. The summed E-state index contributed by atoms with van der Waals surface area (Å²) >= 11 is 12.4. The number of ether oxygens (including phenoxy) is 1. The van der Waals surface area contributed by atoms with Gasteiger partial charge in [-0.1, -0.05) is 89.4 Å².